The molecule has 0 atom stereocenters. The third-order valence-corrected chi connectivity index (χ3v) is 3.58. The maximum atomic E-state index is 11.7. The Morgan fingerprint density at radius 3 is 2.43 bits per heavy atom. The van der Waals surface area contributed by atoms with Crippen LogP contribution >= 0.6 is 23.4 Å². The van der Waals surface area contributed by atoms with Gasteiger partial charge in [0.25, 0.3) is 0 Å². The van der Waals surface area contributed by atoms with Crippen LogP contribution in [0.3, 0.4) is 0 Å². The van der Waals surface area contributed by atoms with E-state index in [1.807, 2.05) is 39.8 Å². The SMILES string of the molecule is Cc1cc(Cl)nc(Sc2ccc(NC(=O)OC(C)(C)C)cc2)n1. The smallest absolute Gasteiger partial charge is 0.412 e. The number of halogens is 1. The highest BCUT2D eigenvalue weighted by molar-refractivity contribution is 7.99. The standard InChI is InChI=1S/C16H18ClN3O2S/c1-10-9-13(17)20-14(18-10)23-12-7-5-11(6-8-12)19-15(21)22-16(2,3)4/h5-9H,1-4H3,(H,19,21). The summed E-state index contributed by atoms with van der Waals surface area (Å²) in [6, 6.07) is 9.04. The summed E-state index contributed by atoms with van der Waals surface area (Å²) in [4.78, 5) is 21.1. The van der Waals surface area contributed by atoms with Crippen LogP contribution in [0.2, 0.25) is 5.15 Å². The number of ether oxygens (including phenoxy) is 1. The monoisotopic (exact) mass is 351 g/mol. The molecular weight excluding hydrogens is 334 g/mol. The van der Waals surface area contributed by atoms with E-state index in [0.717, 1.165) is 10.6 Å². The van der Waals surface area contributed by atoms with Crippen LogP contribution in [0.5, 0.6) is 0 Å². The maximum absolute atomic E-state index is 11.7. The van der Waals surface area contributed by atoms with E-state index < -0.39 is 11.7 Å². The summed E-state index contributed by atoms with van der Waals surface area (Å²) in [7, 11) is 0. The fourth-order valence-electron chi connectivity index (χ4n) is 1.68. The summed E-state index contributed by atoms with van der Waals surface area (Å²) in [6.45, 7) is 7.32. The van der Waals surface area contributed by atoms with Crippen LogP contribution < -0.4 is 5.32 Å². The Bertz CT molecular complexity index is 679. The number of benzene rings is 1. The van der Waals surface area contributed by atoms with Crippen molar-refractivity contribution in [2.75, 3.05) is 5.32 Å². The Morgan fingerprint density at radius 1 is 1.22 bits per heavy atom. The number of anilines is 1. The molecule has 0 saturated carbocycles. The van der Waals surface area contributed by atoms with Crippen LogP contribution in [0.4, 0.5) is 10.5 Å². The molecule has 0 unspecified atom stereocenters. The van der Waals surface area contributed by atoms with Crippen LogP contribution in [0.15, 0.2) is 40.4 Å². The highest BCUT2D eigenvalue weighted by Gasteiger charge is 2.16. The lowest BCUT2D eigenvalue weighted by Gasteiger charge is -2.19. The van der Waals surface area contributed by atoms with Gasteiger partial charge in [0, 0.05) is 16.3 Å². The summed E-state index contributed by atoms with van der Waals surface area (Å²) in [5.41, 5.74) is 0.948. The number of hydrogen-bond acceptors (Lipinski definition) is 5. The molecule has 122 valence electrons. The minimum Gasteiger partial charge on any atom is -0.444 e. The fourth-order valence-corrected chi connectivity index (χ4v) is 2.79. The average molecular weight is 352 g/mol. The summed E-state index contributed by atoms with van der Waals surface area (Å²) in [5.74, 6) is 0. The van der Waals surface area contributed by atoms with E-state index in [9.17, 15) is 4.79 Å². The van der Waals surface area contributed by atoms with E-state index in [1.54, 1.807) is 18.2 Å². The molecule has 0 saturated heterocycles. The van der Waals surface area contributed by atoms with E-state index in [1.165, 1.54) is 11.8 Å². The normalized spacial score (nSPS) is 11.2. The molecule has 0 aliphatic heterocycles. The van der Waals surface area contributed by atoms with Gasteiger partial charge in [-0.3, -0.25) is 5.32 Å². The molecule has 1 aromatic heterocycles. The quantitative estimate of drug-likeness (QED) is 0.627. The molecule has 0 fully saturated rings. The van der Waals surface area contributed by atoms with E-state index in [4.69, 9.17) is 16.3 Å². The molecule has 0 aliphatic rings. The predicted molar refractivity (Wildman–Crippen MR) is 92.2 cm³/mol. The van der Waals surface area contributed by atoms with Crippen molar-refractivity contribution in [1.29, 1.82) is 0 Å². The van der Waals surface area contributed by atoms with Gasteiger partial charge in [-0.2, -0.15) is 0 Å². The highest BCUT2D eigenvalue weighted by Crippen LogP contribution is 2.27. The molecule has 0 spiro atoms. The minimum absolute atomic E-state index is 0.420. The molecule has 0 radical (unpaired) electrons. The first-order chi connectivity index (χ1) is 10.7. The van der Waals surface area contributed by atoms with Gasteiger partial charge in [0.2, 0.25) is 0 Å². The molecule has 1 aromatic carbocycles. The molecule has 2 aromatic rings. The average Bonchev–Trinajstić information content (AvgIpc) is 2.37. The molecule has 7 heteroatoms. The first-order valence-electron chi connectivity index (χ1n) is 7.00. The van der Waals surface area contributed by atoms with E-state index in [2.05, 4.69) is 15.3 Å². The molecule has 23 heavy (non-hydrogen) atoms. The summed E-state index contributed by atoms with van der Waals surface area (Å²) < 4.78 is 5.20. The Balaban J connectivity index is 2.00. The van der Waals surface area contributed by atoms with Gasteiger partial charge in [-0.15, -0.1) is 0 Å². The van der Waals surface area contributed by atoms with Crippen LogP contribution in [0.25, 0.3) is 0 Å². The first kappa shape index (κ1) is 17.6. The van der Waals surface area contributed by atoms with Crippen molar-refractivity contribution < 1.29 is 9.53 Å². The Kier molecular flexibility index (Phi) is 5.49. The maximum Gasteiger partial charge on any atom is 0.412 e. The van der Waals surface area contributed by atoms with Gasteiger partial charge in [-0.1, -0.05) is 11.6 Å². The molecule has 0 aliphatic carbocycles. The van der Waals surface area contributed by atoms with Crippen molar-refractivity contribution in [1.82, 2.24) is 9.97 Å². The lowest BCUT2D eigenvalue weighted by molar-refractivity contribution is 0.0636. The van der Waals surface area contributed by atoms with Gasteiger partial charge in [-0.25, -0.2) is 14.8 Å². The van der Waals surface area contributed by atoms with Crippen LogP contribution in [0.1, 0.15) is 26.5 Å². The topological polar surface area (TPSA) is 64.1 Å². The number of hydrogen-bond donors (Lipinski definition) is 1. The number of nitrogens with zero attached hydrogens (tertiary/aromatic N) is 2. The fraction of sp³-hybridized carbons (Fsp3) is 0.312. The van der Waals surface area contributed by atoms with Crippen molar-refractivity contribution in [3.8, 4) is 0 Å². The van der Waals surface area contributed by atoms with Crippen molar-refractivity contribution >= 4 is 35.1 Å². The lowest BCUT2D eigenvalue weighted by atomic mass is 10.2. The zero-order valence-electron chi connectivity index (χ0n) is 13.4. The molecule has 1 amide bonds. The first-order valence-corrected chi connectivity index (χ1v) is 8.20. The summed E-state index contributed by atoms with van der Waals surface area (Å²) in [6.07, 6.45) is -0.480. The van der Waals surface area contributed by atoms with E-state index in [-0.39, 0.29) is 0 Å². The second-order valence-electron chi connectivity index (χ2n) is 5.87. The Labute approximate surface area is 144 Å². The van der Waals surface area contributed by atoms with Gasteiger partial charge >= 0.3 is 6.09 Å². The number of aryl methyl sites for hydroxylation is 1. The van der Waals surface area contributed by atoms with Crippen LogP contribution in [0, 0.1) is 6.92 Å². The number of carbonyl (C=O) groups excluding carboxylic acids is 1. The Hall–Kier alpha value is -1.79. The highest BCUT2D eigenvalue weighted by atomic mass is 35.5. The van der Waals surface area contributed by atoms with Crippen molar-refractivity contribution in [2.24, 2.45) is 0 Å². The number of nitrogens with one attached hydrogen (secondary N) is 1. The lowest BCUT2D eigenvalue weighted by Crippen LogP contribution is -2.27. The third kappa shape index (κ3) is 6.08. The van der Waals surface area contributed by atoms with Crippen molar-refractivity contribution in [3.05, 3.63) is 41.2 Å². The van der Waals surface area contributed by atoms with Gasteiger partial charge < -0.3 is 4.74 Å². The number of amides is 1. The minimum atomic E-state index is -0.526. The van der Waals surface area contributed by atoms with Gasteiger partial charge in [0.1, 0.15) is 10.8 Å². The Morgan fingerprint density at radius 2 is 1.87 bits per heavy atom. The largest absolute Gasteiger partial charge is 0.444 e. The summed E-state index contributed by atoms with van der Waals surface area (Å²) in [5, 5.41) is 3.69. The third-order valence-electron chi connectivity index (χ3n) is 2.51. The van der Waals surface area contributed by atoms with Crippen molar-refractivity contribution in [3.63, 3.8) is 0 Å². The molecule has 5 nitrogen and oxygen atoms in total. The molecule has 2 rings (SSSR count). The summed E-state index contributed by atoms with van der Waals surface area (Å²) >= 11 is 7.33. The molecule has 1 N–H and O–H groups in total. The zero-order chi connectivity index (χ0) is 17.0. The molecular formula is C16H18ClN3O2S. The van der Waals surface area contributed by atoms with E-state index >= 15 is 0 Å². The number of carbonyl (C=O) groups is 1. The van der Waals surface area contributed by atoms with Gasteiger partial charge in [0.05, 0.1) is 0 Å². The number of rotatable bonds is 3. The predicted octanol–water partition coefficient (Wildman–Crippen LogP) is 4.94. The second-order valence-corrected chi connectivity index (χ2v) is 7.30. The molecule has 1 heterocycles. The number of aromatic nitrogens is 2. The van der Waals surface area contributed by atoms with Crippen molar-refractivity contribution in [2.45, 2.75) is 43.3 Å². The van der Waals surface area contributed by atoms with Crippen LogP contribution in [-0.4, -0.2) is 21.7 Å². The van der Waals surface area contributed by atoms with Gasteiger partial charge in [0.15, 0.2) is 5.16 Å². The molecule has 0 bridgehead atoms. The van der Waals surface area contributed by atoms with Gasteiger partial charge in [-0.05, 0) is 69.8 Å². The van der Waals surface area contributed by atoms with Crippen LogP contribution in [-0.2, 0) is 4.74 Å². The zero-order valence-corrected chi connectivity index (χ0v) is 15.0. The van der Waals surface area contributed by atoms with E-state index in [0.29, 0.717) is 16.0 Å². The second kappa shape index (κ2) is 7.19.